The molecule has 1 fully saturated rings. The Morgan fingerprint density at radius 1 is 1.23 bits per heavy atom. The zero-order valence-corrected chi connectivity index (χ0v) is 13.8. The molecule has 0 aromatic carbocycles. The van der Waals surface area contributed by atoms with E-state index in [-0.39, 0.29) is 5.91 Å². The summed E-state index contributed by atoms with van der Waals surface area (Å²) in [5.41, 5.74) is 0.687. The highest BCUT2D eigenvalue weighted by atomic mass is 35.5. The largest absolute Gasteiger partial charge is 0.354 e. The maximum absolute atomic E-state index is 12.0. The predicted octanol–water partition coefficient (Wildman–Crippen LogP) is 2.80. The molecule has 5 nitrogen and oxygen atoms in total. The lowest BCUT2D eigenvalue weighted by Gasteiger charge is -2.33. The number of amides is 1. The molecule has 0 saturated carbocycles. The number of anilines is 2. The highest BCUT2D eigenvalue weighted by molar-refractivity contribution is 7.18. The molecule has 1 aliphatic heterocycles. The van der Waals surface area contributed by atoms with Crippen molar-refractivity contribution in [2.24, 2.45) is 0 Å². The van der Waals surface area contributed by atoms with Crippen molar-refractivity contribution in [3.63, 3.8) is 0 Å². The number of thiophene rings is 1. The molecule has 1 saturated heterocycles. The second-order valence-corrected chi connectivity index (χ2v) is 6.97. The first-order valence-electron chi connectivity index (χ1n) is 7.08. The van der Waals surface area contributed by atoms with Crippen LogP contribution >= 0.6 is 22.9 Å². The van der Waals surface area contributed by atoms with Crippen LogP contribution in [0, 0.1) is 0 Å². The molecule has 116 valence electrons. The average Bonchev–Trinajstić information content (AvgIpc) is 2.96. The molecule has 0 bridgehead atoms. The molecule has 0 aliphatic carbocycles. The number of hydrogen-bond donors (Lipinski definition) is 1. The Labute approximate surface area is 138 Å². The fraction of sp³-hybridized carbons (Fsp3) is 0.333. The summed E-state index contributed by atoms with van der Waals surface area (Å²) in [6.07, 6.45) is 1.70. The summed E-state index contributed by atoms with van der Waals surface area (Å²) in [6, 6.07) is 7.26. The maximum Gasteiger partial charge on any atom is 0.265 e. The lowest BCUT2D eigenvalue weighted by Crippen LogP contribution is -2.44. The average molecular weight is 337 g/mol. The van der Waals surface area contributed by atoms with Crippen molar-refractivity contribution in [2.75, 3.05) is 43.4 Å². The van der Waals surface area contributed by atoms with Gasteiger partial charge in [0.2, 0.25) is 0 Å². The molecule has 3 rings (SSSR count). The summed E-state index contributed by atoms with van der Waals surface area (Å²) in [4.78, 5) is 21.6. The lowest BCUT2D eigenvalue weighted by molar-refractivity contribution is 0.103. The van der Waals surface area contributed by atoms with Crippen molar-refractivity contribution in [3.8, 4) is 0 Å². The Balaban J connectivity index is 1.63. The minimum Gasteiger partial charge on any atom is -0.354 e. The first kappa shape index (κ1) is 15.3. The number of halogens is 1. The monoisotopic (exact) mass is 336 g/mol. The second-order valence-electron chi connectivity index (χ2n) is 5.25. The van der Waals surface area contributed by atoms with E-state index in [0.29, 0.717) is 14.9 Å². The van der Waals surface area contributed by atoms with Gasteiger partial charge in [-0.2, -0.15) is 0 Å². The van der Waals surface area contributed by atoms with Crippen LogP contribution in [-0.4, -0.2) is 49.0 Å². The van der Waals surface area contributed by atoms with Gasteiger partial charge in [0.15, 0.2) is 0 Å². The Kier molecular flexibility index (Phi) is 4.61. The van der Waals surface area contributed by atoms with Crippen molar-refractivity contribution in [1.29, 1.82) is 0 Å². The Morgan fingerprint density at radius 2 is 2.00 bits per heavy atom. The van der Waals surface area contributed by atoms with Crippen LogP contribution in [-0.2, 0) is 0 Å². The Hall–Kier alpha value is -1.63. The van der Waals surface area contributed by atoms with Gasteiger partial charge in [-0.15, -0.1) is 11.3 Å². The summed E-state index contributed by atoms with van der Waals surface area (Å²) in [5, 5.41) is 2.83. The topological polar surface area (TPSA) is 48.5 Å². The number of likely N-dealkylation sites (N-methyl/N-ethyl adjacent to an activating group) is 1. The molecule has 3 heterocycles. The zero-order valence-electron chi connectivity index (χ0n) is 12.3. The van der Waals surface area contributed by atoms with Gasteiger partial charge >= 0.3 is 0 Å². The quantitative estimate of drug-likeness (QED) is 0.936. The van der Waals surface area contributed by atoms with Crippen LogP contribution in [0.25, 0.3) is 0 Å². The molecule has 0 radical (unpaired) electrons. The third-order valence-corrected chi connectivity index (χ3v) is 4.86. The number of nitrogens with zero attached hydrogens (tertiary/aromatic N) is 3. The van der Waals surface area contributed by atoms with Crippen LogP contribution in [0.5, 0.6) is 0 Å². The van der Waals surface area contributed by atoms with E-state index in [9.17, 15) is 4.79 Å². The Morgan fingerprint density at radius 3 is 2.59 bits per heavy atom. The number of carbonyl (C=O) groups excluding carboxylic acids is 1. The molecule has 0 unspecified atom stereocenters. The van der Waals surface area contributed by atoms with E-state index in [4.69, 9.17) is 11.6 Å². The van der Waals surface area contributed by atoms with E-state index in [0.717, 1.165) is 32.0 Å². The standard InChI is InChI=1S/C15H17ClN4OS/c1-19-6-8-20(9-7-19)14-5-2-11(10-17-14)18-15(21)12-3-4-13(16)22-12/h2-5,10H,6-9H2,1H3,(H,18,21). The molecule has 1 amide bonds. The smallest absolute Gasteiger partial charge is 0.265 e. The van der Waals surface area contributed by atoms with Gasteiger partial charge in [0.1, 0.15) is 5.82 Å². The maximum atomic E-state index is 12.0. The van der Waals surface area contributed by atoms with Gasteiger partial charge in [-0.25, -0.2) is 4.98 Å². The third kappa shape index (κ3) is 3.58. The molecule has 7 heteroatoms. The number of rotatable bonds is 3. The van der Waals surface area contributed by atoms with Gasteiger partial charge < -0.3 is 15.1 Å². The van der Waals surface area contributed by atoms with E-state index in [1.807, 2.05) is 12.1 Å². The van der Waals surface area contributed by atoms with E-state index < -0.39 is 0 Å². The summed E-state index contributed by atoms with van der Waals surface area (Å²) in [7, 11) is 2.13. The molecule has 1 aliphatic rings. The summed E-state index contributed by atoms with van der Waals surface area (Å²) < 4.78 is 0.605. The highest BCUT2D eigenvalue weighted by Crippen LogP contribution is 2.23. The van der Waals surface area contributed by atoms with Gasteiger partial charge in [0.25, 0.3) is 5.91 Å². The summed E-state index contributed by atoms with van der Waals surface area (Å²) in [5.74, 6) is 0.788. The first-order chi connectivity index (χ1) is 10.6. The normalized spacial score (nSPS) is 15.8. The summed E-state index contributed by atoms with van der Waals surface area (Å²) in [6.45, 7) is 4.03. The van der Waals surface area contributed by atoms with Gasteiger partial charge in [-0.1, -0.05) is 11.6 Å². The number of pyridine rings is 1. The second kappa shape index (κ2) is 6.64. The minimum atomic E-state index is -0.161. The van der Waals surface area contributed by atoms with Gasteiger partial charge in [-0.05, 0) is 31.3 Å². The number of carbonyl (C=O) groups is 1. The first-order valence-corrected chi connectivity index (χ1v) is 8.27. The van der Waals surface area contributed by atoms with E-state index >= 15 is 0 Å². The SMILES string of the molecule is CN1CCN(c2ccc(NC(=O)c3ccc(Cl)s3)cn2)CC1. The molecule has 0 atom stereocenters. The van der Waals surface area contributed by atoms with Crippen LogP contribution in [0.3, 0.4) is 0 Å². The van der Waals surface area contributed by atoms with Crippen LogP contribution in [0.1, 0.15) is 9.67 Å². The predicted molar refractivity (Wildman–Crippen MR) is 91.2 cm³/mol. The lowest BCUT2D eigenvalue weighted by atomic mass is 10.3. The molecule has 2 aromatic rings. The molecular formula is C15H17ClN4OS. The third-order valence-electron chi connectivity index (χ3n) is 3.63. The van der Waals surface area contributed by atoms with Crippen LogP contribution in [0.2, 0.25) is 4.34 Å². The molecule has 0 spiro atoms. The van der Waals surface area contributed by atoms with Crippen LogP contribution in [0.15, 0.2) is 30.5 Å². The molecule has 22 heavy (non-hydrogen) atoms. The van der Waals surface area contributed by atoms with Gasteiger partial charge in [-0.3, -0.25) is 4.79 Å². The fourth-order valence-electron chi connectivity index (χ4n) is 2.31. The molecular weight excluding hydrogens is 320 g/mol. The minimum absolute atomic E-state index is 0.161. The van der Waals surface area contributed by atoms with Crippen molar-refractivity contribution >= 4 is 40.4 Å². The van der Waals surface area contributed by atoms with Crippen LogP contribution in [0.4, 0.5) is 11.5 Å². The number of nitrogens with one attached hydrogen (secondary N) is 1. The van der Waals surface area contributed by atoms with Gasteiger partial charge in [0.05, 0.1) is 21.1 Å². The van der Waals surface area contributed by atoms with Crippen molar-refractivity contribution in [3.05, 3.63) is 39.7 Å². The zero-order chi connectivity index (χ0) is 15.5. The fourth-order valence-corrected chi connectivity index (χ4v) is 3.25. The van der Waals surface area contributed by atoms with Crippen LogP contribution < -0.4 is 10.2 Å². The van der Waals surface area contributed by atoms with Crippen molar-refractivity contribution in [1.82, 2.24) is 9.88 Å². The van der Waals surface area contributed by atoms with Gasteiger partial charge in [0, 0.05) is 26.2 Å². The van der Waals surface area contributed by atoms with E-state index in [1.165, 1.54) is 11.3 Å². The highest BCUT2D eigenvalue weighted by Gasteiger charge is 2.15. The Bertz CT molecular complexity index is 650. The number of aromatic nitrogens is 1. The van der Waals surface area contributed by atoms with Crippen molar-refractivity contribution in [2.45, 2.75) is 0 Å². The van der Waals surface area contributed by atoms with E-state index in [2.05, 4.69) is 27.1 Å². The molecule has 1 N–H and O–H groups in total. The number of hydrogen-bond acceptors (Lipinski definition) is 5. The number of piperazine rings is 1. The van der Waals surface area contributed by atoms with E-state index in [1.54, 1.807) is 18.3 Å². The summed E-state index contributed by atoms with van der Waals surface area (Å²) >= 11 is 7.10. The molecule has 2 aromatic heterocycles. The van der Waals surface area contributed by atoms with Crippen molar-refractivity contribution < 1.29 is 4.79 Å².